The van der Waals surface area contributed by atoms with E-state index >= 15 is 0 Å². The van der Waals surface area contributed by atoms with E-state index in [0.717, 1.165) is 4.42 Å². The van der Waals surface area contributed by atoms with Crippen LogP contribution in [-0.4, -0.2) is 24.3 Å². The van der Waals surface area contributed by atoms with Crippen LogP contribution in [0, 0.1) is 11.5 Å². The number of benzene rings is 2. The molecular formula is C15H12ClN3O2S2. The molecule has 0 atom stereocenters. The van der Waals surface area contributed by atoms with Gasteiger partial charge in [0.15, 0.2) is 5.17 Å². The number of thioether (sulfide) groups is 1. The van der Waals surface area contributed by atoms with Crippen molar-refractivity contribution < 1.29 is 8.42 Å². The van der Waals surface area contributed by atoms with E-state index in [0.29, 0.717) is 10.9 Å². The highest BCUT2D eigenvalue weighted by atomic mass is 35.5. The number of hydrogen-bond donors (Lipinski definition) is 0. The molecule has 2 aromatic rings. The fraction of sp³-hybridized carbons (Fsp3) is 0.0667. The van der Waals surface area contributed by atoms with Crippen molar-refractivity contribution in [2.24, 2.45) is 4.99 Å². The van der Waals surface area contributed by atoms with Crippen LogP contribution in [0.3, 0.4) is 0 Å². The van der Waals surface area contributed by atoms with Crippen LogP contribution in [0.15, 0.2) is 69.4 Å². The minimum atomic E-state index is -3.55. The average Bonchev–Trinajstić information content (AvgIpc) is 2.60. The van der Waals surface area contributed by atoms with E-state index in [-0.39, 0.29) is 9.79 Å². The molecular weight excluding hydrogens is 354 g/mol. The maximum atomic E-state index is 12.5. The summed E-state index contributed by atoms with van der Waals surface area (Å²) in [4.78, 5) is 4.61. The van der Waals surface area contributed by atoms with Crippen molar-refractivity contribution in [1.29, 1.82) is 5.26 Å². The lowest BCUT2D eigenvalue weighted by Crippen LogP contribution is -2.11. The summed E-state index contributed by atoms with van der Waals surface area (Å²) < 4.78 is 25.8. The normalized spacial score (nSPS) is 11.8. The van der Waals surface area contributed by atoms with E-state index in [9.17, 15) is 8.42 Å². The molecule has 0 aliphatic rings. The molecule has 0 saturated carbocycles. The highest BCUT2D eigenvalue weighted by molar-refractivity contribution is 8.13. The van der Waals surface area contributed by atoms with E-state index in [1.54, 1.807) is 54.9 Å². The third-order valence-corrected chi connectivity index (χ3v) is 5.62. The van der Waals surface area contributed by atoms with Crippen molar-refractivity contribution >= 4 is 44.2 Å². The van der Waals surface area contributed by atoms with Crippen LogP contribution in [0.4, 0.5) is 5.69 Å². The first-order chi connectivity index (χ1) is 11.0. The van der Waals surface area contributed by atoms with Crippen molar-refractivity contribution in [2.75, 3.05) is 6.26 Å². The molecule has 5 nitrogen and oxygen atoms in total. The third-order valence-electron chi connectivity index (χ3n) is 2.86. The molecule has 0 radical (unpaired) electrons. The van der Waals surface area contributed by atoms with Gasteiger partial charge >= 0.3 is 0 Å². The molecule has 0 bridgehead atoms. The summed E-state index contributed by atoms with van der Waals surface area (Å²) in [6.45, 7) is 0. The summed E-state index contributed by atoms with van der Waals surface area (Å²) in [5.41, 5.74) is 0.502. The first kappa shape index (κ1) is 17.3. The number of halogens is 1. The Bertz CT molecular complexity index is 845. The largest absolute Gasteiger partial charge is 0.223 e. The molecule has 0 aliphatic heterocycles. The number of aliphatic imine (C=N–C) groups is 1. The summed E-state index contributed by atoms with van der Waals surface area (Å²) >= 11 is 6.90. The Morgan fingerprint density at radius 3 is 2.22 bits per heavy atom. The summed E-state index contributed by atoms with van der Waals surface area (Å²) in [7, 11) is -3.55. The van der Waals surface area contributed by atoms with Gasteiger partial charge in [-0.25, -0.2) is 13.4 Å². The van der Waals surface area contributed by atoms with Crippen LogP contribution < -0.4 is 0 Å². The summed E-state index contributed by atoms with van der Waals surface area (Å²) in [6.07, 6.45) is 3.48. The second-order valence-corrected chi connectivity index (χ2v) is 7.35. The molecule has 118 valence electrons. The second-order valence-electron chi connectivity index (χ2n) is 4.29. The van der Waals surface area contributed by atoms with Crippen LogP contribution in [0.1, 0.15) is 0 Å². The number of hydrogen-bond acceptors (Lipinski definition) is 5. The zero-order valence-electron chi connectivity index (χ0n) is 12.0. The Hall–Kier alpha value is -2.01. The van der Waals surface area contributed by atoms with Crippen molar-refractivity contribution in [3.05, 3.63) is 54.6 Å². The van der Waals surface area contributed by atoms with Crippen LogP contribution >= 0.6 is 23.5 Å². The van der Waals surface area contributed by atoms with E-state index in [1.165, 1.54) is 23.9 Å². The third kappa shape index (κ3) is 4.05. The van der Waals surface area contributed by atoms with Crippen LogP contribution in [0.25, 0.3) is 0 Å². The number of nitriles is 1. The minimum absolute atomic E-state index is 0.177. The Morgan fingerprint density at radius 2 is 1.70 bits per heavy atom. The van der Waals surface area contributed by atoms with Gasteiger partial charge in [0.2, 0.25) is 16.0 Å². The van der Waals surface area contributed by atoms with Crippen LogP contribution in [0.5, 0.6) is 0 Å². The maximum Gasteiger partial charge on any atom is 0.206 e. The number of nitrogens with zero attached hydrogens (tertiary/aromatic N) is 3. The van der Waals surface area contributed by atoms with Gasteiger partial charge < -0.3 is 0 Å². The zero-order valence-corrected chi connectivity index (χ0v) is 14.4. The van der Waals surface area contributed by atoms with Crippen molar-refractivity contribution in [2.45, 2.75) is 9.79 Å². The molecule has 0 spiro atoms. The number of rotatable bonds is 3. The maximum absolute atomic E-state index is 12.5. The molecule has 2 aromatic carbocycles. The molecule has 0 aromatic heterocycles. The average molecular weight is 366 g/mol. The number of sulfone groups is 1. The molecule has 2 rings (SSSR count). The van der Waals surface area contributed by atoms with E-state index in [2.05, 4.69) is 4.99 Å². The number of amidine groups is 1. The SMILES string of the molecule is CSC(=Nc1ccc(S(=O)(=O)c2ccccc2)cc1)N(Cl)C#N. The lowest BCUT2D eigenvalue weighted by Gasteiger charge is -2.07. The van der Waals surface area contributed by atoms with Gasteiger partial charge in [-0.3, -0.25) is 0 Å². The monoisotopic (exact) mass is 365 g/mol. The molecule has 0 fully saturated rings. The van der Waals surface area contributed by atoms with E-state index < -0.39 is 9.84 Å². The van der Waals surface area contributed by atoms with Gasteiger partial charge in [0.1, 0.15) is 0 Å². The molecule has 23 heavy (non-hydrogen) atoms. The Morgan fingerprint density at radius 1 is 1.13 bits per heavy atom. The van der Waals surface area contributed by atoms with Gasteiger partial charge in [0, 0.05) is 11.8 Å². The predicted octanol–water partition coefficient (Wildman–Crippen LogP) is 3.81. The smallest absolute Gasteiger partial charge is 0.206 e. The summed E-state index contributed by atoms with van der Waals surface area (Å²) in [6, 6.07) is 14.3. The van der Waals surface area contributed by atoms with Crippen molar-refractivity contribution in [3.8, 4) is 6.19 Å². The standard InChI is InChI=1S/C15H12ClN3O2S2/c1-22-15(19(16)11-17)18-12-7-9-14(10-8-12)23(20,21)13-5-3-2-4-6-13/h2-10H,1H3. The van der Waals surface area contributed by atoms with Gasteiger partial charge in [0.25, 0.3) is 0 Å². The van der Waals surface area contributed by atoms with Gasteiger partial charge in [-0.05, 0) is 42.7 Å². The second kappa shape index (κ2) is 7.51. The molecule has 0 N–H and O–H groups in total. The van der Waals surface area contributed by atoms with E-state index in [4.69, 9.17) is 17.0 Å². The minimum Gasteiger partial charge on any atom is -0.223 e. The molecule has 0 unspecified atom stereocenters. The fourth-order valence-corrected chi connectivity index (χ4v) is 3.68. The van der Waals surface area contributed by atoms with Gasteiger partial charge in [-0.1, -0.05) is 30.0 Å². The molecule has 0 aliphatic carbocycles. The van der Waals surface area contributed by atoms with Crippen molar-refractivity contribution in [1.82, 2.24) is 4.42 Å². The molecule has 0 saturated heterocycles. The van der Waals surface area contributed by atoms with Crippen LogP contribution in [-0.2, 0) is 9.84 Å². The summed E-state index contributed by atoms with van der Waals surface area (Å²) in [5.74, 6) is 0. The first-order valence-electron chi connectivity index (χ1n) is 6.37. The van der Waals surface area contributed by atoms with Crippen molar-refractivity contribution in [3.63, 3.8) is 0 Å². The Kier molecular flexibility index (Phi) is 5.66. The molecule has 0 amide bonds. The quantitative estimate of drug-likeness (QED) is 0.272. The van der Waals surface area contributed by atoms with Gasteiger partial charge in [-0.2, -0.15) is 9.68 Å². The topological polar surface area (TPSA) is 73.5 Å². The molecule has 8 heteroatoms. The zero-order chi connectivity index (χ0) is 16.9. The summed E-state index contributed by atoms with van der Waals surface area (Å²) in [5, 5.41) is 9.06. The lowest BCUT2D eigenvalue weighted by molar-refractivity contribution is 0.596. The lowest BCUT2D eigenvalue weighted by atomic mass is 10.3. The van der Waals surface area contributed by atoms with Crippen LogP contribution in [0.2, 0.25) is 0 Å². The Balaban J connectivity index is 2.34. The Labute approximate surface area is 144 Å². The highest BCUT2D eigenvalue weighted by Crippen LogP contribution is 2.24. The molecule has 0 heterocycles. The fourth-order valence-electron chi connectivity index (χ4n) is 1.76. The predicted molar refractivity (Wildman–Crippen MR) is 92.3 cm³/mol. The van der Waals surface area contributed by atoms with Gasteiger partial charge in [0.05, 0.1) is 15.5 Å². The van der Waals surface area contributed by atoms with Gasteiger partial charge in [-0.15, -0.1) is 0 Å². The first-order valence-corrected chi connectivity index (χ1v) is 9.42. The highest BCUT2D eigenvalue weighted by Gasteiger charge is 2.17. The van der Waals surface area contributed by atoms with E-state index in [1.807, 2.05) is 0 Å².